The number of amides is 1. The lowest BCUT2D eigenvalue weighted by Gasteiger charge is -2.02. The van der Waals surface area contributed by atoms with Crippen LogP contribution in [0.5, 0.6) is 0 Å². The maximum atomic E-state index is 12.1. The van der Waals surface area contributed by atoms with Gasteiger partial charge in [-0.1, -0.05) is 11.8 Å². The molecule has 0 fully saturated rings. The van der Waals surface area contributed by atoms with E-state index in [-0.39, 0.29) is 11.7 Å². The summed E-state index contributed by atoms with van der Waals surface area (Å²) < 4.78 is 0.978. The molecule has 0 aromatic carbocycles. The number of aryl methyl sites for hydroxylation is 2. The fraction of sp³-hybridized carbons (Fsp3) is 0.188. The van der Waals surface area contributed by atoms with Gasteiger partial charge in [-0.05, 0) is 25.5 Å². The smallest absolute Gasteiger partial charge is 0.236 e. The van der Waals surface area contributed by atoms with Crippen LogP contribution in [0.2, 0.25) is 0 Å². The zero-order valence-corrected chi connectivity index (χ0v) is 15.9. The third-order valence-electron chi connectivity index (χ3n) is 3.54. The number of thiazole rings is 1. The van der Waals surface area contributed by atoms with Gasteiger partial charge in [-0.3, -0.25) is 4.79 Å². The van der Waals surface area contributed by atoms with Gasteiger partial charge < -0.3 is 5.32 Å². The normalized spacial score (nSPS) is 11.3. The molecule has 0 spiro atoms. The third kappa shape index (κ3) is 3.22. The van der Waals surface area contributed by atoms with E-state index in [0.29, 0.717) is 5.13 Å². The first-order valence-corrected chi connectivity index (χ1v) is 10.1. The number of carbonyl (C=O) groups excluding carboxylic acids is 1. The average molecular weight is 388 g/mol. The molecular weight excluding hydrogens is 374 g/mol. The SMILES string of the molecule is Cc1cc(C)c2c(n1)sc1c(SCC(=O)Nc3nccs3)ncnc12. The molecule has 4 aromatic heterocycles. The first-order valence-electron chi connectivity index (χ1n) is 7.45. The molecule has 1 amide bonds. The lowest BCUT2D eigenvalue weighted by molar-refractivity contribution is -0.113. The minimum atomic E-state index is -0.0991. The van der Waals surface area contributed by atoms with Gasteiger partial charge in [0.15, 0.2) is 5.13 Å². The second-order valence-electron chi connectivity index (χ2n) is 5.39. The Kier molecular flexibility index (Phi) is 4.36. The average Bonchev–Trinajstić information content (AvgIpc) is 3.19. The van der Waals surface area contributed by atoms with Gasteiger partial charge in [0.25, 0.3) is 0 Å². The third-order valence-corrected chi connectivity index (χ3v) is 6.42. The van der Waals surface area contributed by atoms with Crippen molar-refractivity contribution < 1.29 is 4.79 Å². The minimum Gasteiger partial charge on any atom is -0.301 e. The van der Waals surface area contributed by atoms with Crippen LogP contribution in [0.3, 0.4) is 0 Å². The van der Waals surface area contributed by atoms with Crippen LogP contribution in [0.1, 0.15) is 11.3 Å². The number of nitrogens with one attached hydrogen (secondary N) is 1. The van der Waals surface area contributed by atoms with Crippen molar-refractivity contribution in [1.29, 1.82) is 0 Å². The van der Waals surface area contributed by atoms with Crippen LogP contribution in [0.4, 0.5) is 5.13 Å². The number of nitrogens with zero attached hydrogens (tertiary/aromatic N) is 4. The number of carbonyl (C=O) groups is 1. The summed E-state index contributed by atoms with van der Waals surface area (Å²) in [6, 6.07) is 2.06. The maximum absolute atomic E-state index is 12.1. The second kappa shape index (κ2) is 6.66. The highest BCUT2D eigenvalue weighted by molar-refractivity contribution is 8.00. The van der Waals surface area contributed by atoms with E-state index in [1.165, 1.54) is 23.1 Å². The van der Waals surface area contributed by atoms with Crippen molar-refractivity contribution in [2.45, 2.75) is 18.9 Å². The van der Waals surface area contributed by atoms with Gasteiger partial charge in [-0.25, -0.2) is 19.9 Å². The van der Waals surface area contributed by atoms with E-state index >= 15 is 0 Å². The number of fused-ring (bicyclic) bond motifs is 3. The molecule has 4 rings (SSSR count). The van der Waals surface area contributed by atoms with Crippen LogP contribution >= 0.6 is 34.4 Å². The molecular formula is C16H13N5OS3. The van der Waals surface area contributed by atoms with Gasteiger partial charge in [0.05, 0.1) is 16.0 Å². The molecule has 0 radical (unpaired) electrons. The Labute approximate surface area is 155 Å². The second-order valence-corrected chi connectivity index (χ2v) is 8.25. The molecule has 0 atom stereocenters. The molecule has 4 heterocycles. The van der Waals surface area contributed by atoms with Crippen molar-refractivity contribution in [1.82, 2.24) is 19.9 Å². The maximum Gasteiger partial charge on any atom is 0.236 e. The van der Waals surface area contributed by atoms with Gasteiger partial charge in [0.1, 0.15) is 16.2 Å². The van der Waals surface area contributed by atoms with Crippen LogP contribution in [0.15, 0.2) is 29.0 Å². The van der Waals surface area contributed by atoms with Gasteiger partial charge in [-0.15, -0.1) is 22.7 Å². The standard InChI is InChI=1S/C16H13N5OS3/c1-8-5-9(2)20-14-11(8)12-13(25-14)15(19-7-18-12)24-6-10(22)21-16-17-3-4-23-16/h3-5,7H,6H2,1-2H3,(H,17,21,22). The van der Waals surface area contributed by atoms with E-state index in [1.54, 1.807) is 23.9 Å². The summed E-state index contributed by atoms with van der Waals surface area (Å²) in [6.07, 6.45) is 3.21. The van der Waals surface area contributed by atoms with Crippen LogP contribution in [0.25, 0.3) is 20.4 Å². The lowest BCUT2D eigenvalue weighted by Crippen LogP contribution is -2.13. The number of aromatic nitrogens is 4. The summed E-state index contributed by atoms with van der Waals surface area (Å²) in [5.41, 5.74) is 3.05. The molecule has 0 saturated carbocycles. The summed E-state index contributed by atoms with van der Waals surface area (Å²) in [5, 5.41) is 7.09. The summed E-state index contributed by atoms with van der Waals surface area (Å²) in [7, 11) is 0. The summed E-state index contributed by atoms with van der Waals surface area (Å²) >= 11 is 4.37. The molecule has 4 aromatic rings. The number of anilines is 1. The van der Waals surface area contributed by atoms with E-state index < -0.39 is 0 Å². The first-order chi connectivity index (χ1) is 12.1. The van der Waals surface area contributed by atoms with Crippen LogP contribution in [-0.2, 0) is 4.79 Å². The topological polar surface area (TPSA) is 80.7 Å². The number of thiophene rings is 1. The minimum absolute atomic E-state index is 0.0991. The number of thioether (sulfide) groups is 1. The van der Waals surface area contributed by atoms with Crippen LogP contribution in [-0.4, -0.2) is 31.6 Å². The van der Waals surface area contributed by atoms with Crippen molar-refractivity contribution in [3.05, 3.63) is 35.2 Å². The molecule has 126 valence electrons. The van der Waals surface area contributed by atoms with Gasteiger partial charge in [0, 0.05) is 22.7 Å². The summed E-state index contributed by atoms with van der Waals surface area (Å²) in [5.74, 6) is 0.170. The molecule has 25 heavy (non-hydrogen) atoms. The lowest BCUT2D eigenvalue weighted by atomic mass is 10.1. The van der Waals surface area contributed by atoms with E-state index in [1.807, 2.05) is 12.3 Å². The Hall–Kier alpha value is -2.10. The molecule has 6 nitrogen and oxygen atoms in total. The van der Waals surface area contributed by atoms with Crippen LogP contribution < -0.4 is 5.32 Å². The van der Waals surface area contributed by atoms with Gasteiger partial charge in [0.2, 0.25) is 5.91 Å². The fourth-order valence-electron chi connectivity index (χ4n) is 2.57. The molecule has 9 heteroatoms. The van der Waals surface area contributed by atoms with E-state index in [4.69, 9.17) is 0 Å². The van der Waals surface area contributed by atoms with Crippen molar-refractivity contribution >= 4 is 65.9 Å². The van der Waals surface area contributed by atoms with E-state index in [2.05, 4.69) is 38.2 Å². The van der Waals surface area contributed by atoms with Crippen molar-refractivity contribution in [2.75, 3.05) is 11.1 Å². The predicted molar refractivity (Wildman–Crippen MR) is 104 cm³/mol. The zero-order valence-electron chi connectivity index (χ0n) is 13.4. The van der Waals surface area contributed by atoms with Crippen molar-refractivity contribution in [3.63, 3.8) is 0 Å². The Balaban J connectivity index is 1.64. The quantitative estimate of drug-likeness (QED) is 0.420. The highest BCUT2D eigenvalue weighted by atomic mass is 32.2. The predicted octanol–water partition coefficient (Wildman–Crippen LogP) is 4.04. The molecule has 1 N–H and O–H groups in total. The molecule has 0 aliphatic rings. The number of rotatable bonds is 4. The van der Waals surface area contributed by atoms with E-state index in [9.17, 15) is 4.79 Å². The van der Waals surface area contributed by atoms with Crippen molar-refractivity contribution in [2.24, 2.45) is 0 Å². The largest absolute Gasteiger partial charge is 0.301 e. The Bertz CT molecular complexity index is 1070. The monoisotopic (exact) mass is 387 g/mol. The van der Waals surface area contributed by atoms with Crippen molar-refractivity contribution in [3.8, 4) is 0 Å². The Morgan fingerprint density at radius 1 is 1.28 bits per heavy atom. The summed E-state index contributed by atoms with van der Waals surface area (Å²) in [6.45, 7) is 4.06. The molecule has 0 saturated heterocycles. The molecule has 0 aliphatic carbocycles. The van der Waals surface area contributed by atoms with Gasteiger partial charge in [-0.2, -0.15) is 0 Å². The molecule has 0 unspecified atom stereocenters. The highest BCUT2D eigenvalue weighted by Crippen LogP contribution is 2.37. The number of pyridine rings is 1. The Morgan fingerprint density at radius 3 is 2.96 bits per heavy atom. The highest BCUT2D eigenvalue weighted by Gasteiger charge is 2.16. The van der Waals surface area contributed by atoms with Crippen LogP contribution in [0, 0.1) is 13.8 Å². The zero-order chi connectivity index (χ0) is 17.4. The fourth-order valence-corrected chi connectivity index (χ4v) is 5.24. The molecule has 0 aliphatic heterocycles. The van der Waals surface area contributed by atoms with Gasteiger partial charge >= 0.3 is 0 Å². The summed E-state index contributed by atoms with van der Waals surface area (Å²) in [4.78, 5) is 30.5. The van der Waals surface area contributed by atoms with E-state index in [0.717, 1.165) is 36.7 Å². The first kappa shape index (κ1) is 16.4. The number of hydrogen-bond acceptors (Lipinski definition) is 8. The molecule has 0 bridgehead atoms. The Morgan fingerprint density at radius 2 is 2.16 bits per heavy atom. The number of hydrogen-bond donors (Lipinski definition) is 1.